The molecule has 0 aliphatic rings. The minimum absolute atomic E-state index is 0.856. The van der Waals surface area contributed by atoms with Crippen molar-refractivity contribution >= 4 is 7.85 Å². The molecule has 0 bridgehead atoms. The van der Waals surface area contributed by atoms with E-state index in [1.807, 2.05) is 0 Å². The molecule has 0 saturated heterocycles. The average molecular weight is 293 g/mol. The molecule has 0 fully saturated rings. The van der Waals surface area contributed by atoms with E-state index >= 15 is 0 Å². The predicted molar refractivity (Wildman–Crippen MR) is 98.4 cm³/mol. The second kappa shape index (κ2) is 18.1. The normalized spacial score (nSPS) is 11.4. The number of nitrogens with zero attached hydrogens (tertiary/aromatic N) is 1. The first kappa shape index (κ1) is 21.0. The fourth-order valence-electron chi connectivity index (χ4n) is 2.86. The van der Waals surface area contributed by atoms with Gasteiger partial charge in [-0.15, -0.1) is 0 Å². The molecule has 0 aliphatic carbocycles. The molecular weight excluding hydrogens is 253 g/mol. The molecular formula is C19H40BN. The molecule has 0 aromatic carbocycles. The molecule has 124 valence electrons. The van der Waals surface area contributed by atoms with E-state index in [9.17, 15) is 0 Å². The maximum atomic E-state index is 5.51. The molecule has 0 aliphatic heterocycles. The zero-order valence-corrected chi connectivity index (χ0v) is 15.0. The third-order valence-corrected chi connectivity index (χ3v) is 4.39. The van der Waals surface area contributed by atoms with Crippen molar-refractivity contribution in [3.8, 4) is 0 Å². The summed E-state index contributed by atoms with van der Waals surface area (Å²) in [5.41, 5.74) is 0. The van der Waals surface area contributed by atoms with Crippen molar-refractivity contribution in [2.24, 2.45) is 0 Å². The van der Waals surface area contributed by atoms with E-state index < -0.39 is 0 Å². The Morgan fingerprint density at radius 3 is 1.38 bits per heavy atom. The van der Waals surface area contributed by atoms with Gasteiger partial charge in [0.25, 0.3) is 0 Å². The molecule has 0 spiro atoms. The van der Waals surface area contributed by atoms with E-state index in [4.69, 9.17) is 7.85 Å². The Morgan fingerprint density at radius 1 is 0.571 bits per heavy atom. The van der Waals surface area contributed by atoms with Crippen LogP contribution in [-0.2, 0) is 0 Å². The minimum atomic E-state index is 0.856. The third-order valence-electron chi connectivity index (χ3n) is 4.39. The SMILES string of the molecule is [B]CCCCCCN(C)CCCCCCCCCCCC. The summed E-state index contributed by atoms with van der Waals surface area (Å²) in [6, 6.07) is 0. The quantitative estimate of drug-likeness (QED) is 0.235. The smallest absolute Gasteiger partial charge is 0.0653 e. The second-order valence-corrected chi connectivity index (χ2v) is 6.69. The van der Waals surface area contributed by atoms with Crippen LogP contribution in [0.1, 0.15) is 96.8 Å². The highest BCUT2D eigenvalue weighted by Gasteiger charge is 1.98. The lowest BCUT2D eigenvalue weighted by molar-refractivity contribution is 0.314. The second-order valence-electron chi connectivity index (χ2n) is 6.69. The lowest BCUT2D eigenvalue weighted by Crippen LogP contribution is -2.20. The molecule has 0 aromatic rings. The van der Waals surface area contributed by atoms with Crippen molar-refractivity contribution < 1.29 is 0 Å². The molecule has 21 heavy (non-hydrogen) atoms. The summed E-state index contributed by atoms with van der Waals surface area (Å²) < 4.78 is 0. The van der Waals surface area contributed by atoms with Gasteiger partial charge < -0.3 is 4.90 Å². The van der Waals surface area contributed by atoms with Gasteiger partial charge in [0.05, 0.1) is 7.85 Å². The van der Waals surface area contributed by atoms with Gasteiger partial charge in [0, 0.05) is 0 Å². The number of hydrogen-bond donors (Lipinski definition) is 0. The molecule has 0 rings (SSSR count). The Morgan fingerprint density at radius 2 is 0.952 bits per heavy atom. The number of hydrogen-bond acceptors (Lipinski definition) is 1. The molecule has 0 amide bonds. The summed E-state index contributed by atoms with van der Waals surface area (Å²) >= 11 is 0. The predicted octanol–water partition coefficient (Wildman–Crippen LogP) is 5.99. The van der Waals surface area contributed by atoms with Gasteiger partial charge in [-0.1, -0.05) is 90.3 Å². The average Bonchev–Trinajstić information content (AvgIpc) is 2.49. The Labute approximate surface area is 136 Å². The van der Waals surface area contributed by atoms with Crippen molar-refractivity contribution in [2.45, 2.75) is 103 Å². The van der Waals surface area contributed by atoms with E-state index in [-0.39, 0.29) is 0 Å². The van der Waals surface area contributed by atoms with Crippen molar-refractivity contribution in [1.29, 1.82) is 0 Å². The van der Waals surface area contributed by atoms with Gasteiger partial charge in [0.2, 0.25) is 0 Å². The molecule has 0 aromatic heterocycles. The summed E-state index contributed by atoms with van der Waals surface area (Å²) in [6.07, 6.45) is 20.4. The van der Waals surface area contributed by atoms with Crippen molar-refractivity contribution in [3.63, 3.8) is 0 Å². The Hall–Kier alpha value is 0.0249. The van der Waals surface area contributed by atoms with E-state index in [0.717, 1.165) is 6.32 Å². The highest BCUT2D eigenvalue weighted by molar-refractivity contribution is 6.08. The molecule has 2 heteroatoms. The fraction of sp³-hybridized carbons (Fsp3) is 1.00. The largest absolute Gasteiger partial charge is 0.306 e. The summed E-state index contributed by atoms with van der Waals surface area (Å²) in [4.78, 5) is 2.51. The van der Waals surface area contributed by atoms with E-state index in [1.165, 1.54) is 103 Å². The maximum absolute atomic E-state index is 5.51. The van der Waals surface area contributed by atoms with Gasteiger partial charge in [-0.3, -0.25) is 0 Å². The maximum Gasteiger partial charge on any atom is 0.0653 e. The zero-order chi connectivity index (χ0) is 15.6. The molecule has 1 nitrogen and oxygen atoms in total. The van der Waals surface area contributed by atoms with Crippen LogP contribution >= 0.6 is 0 Å². The summed E-state index contributed by atoms with van der Waals surface area (Å²) in [5, 5.41) is 0. The lowest BCUT2D eigenvalue weighted by Gasteiger charge is -2.16. The topological polar surface area (TPSA) is 3.24 Å². The van der Waals surface area contributed by atoms with Gasteiger partial charge in [-0.05, 0) is 33.0 Å². The summed E-state index contributed by atoms with van der Waals surface area (Å²) in [6.45, 7) is 4.84. The van der Waals surface area contributed by atoms with Crippen LogP contribution in [0.4, 0.5) is 0 Å². The highest BCUT2D eigenvalue weighted by Crippen LogP contribution is 2.11. The number of unbranched alkanes of at least 4 members (excludes halogenated alkanes) is 12. The van der Waals surface area contributed by atoms with Gasteiger partial charge in [0.1, 0.15) is 0 Å². The molecule has 0 N–H and O–H groups in total. The minimum Gasteiger partial charge on any atom is -0.306 e. The molecule has 0 unspecified atom stereocenters. The van der Waals surface area contributed by atoms with Crippen LogP contribution in [0.25, 0.3) is 0 Å². The Balaban J connectivity index is 3.09. The zero-order valence-electron chi connectivity index (χ0n) is 15.0. The van der Waals surface area contributed by atoms with Gasteiger partial charge in [-0.25, -0.2) is 0 Å². The first-order chi connectivity index (χ1) is 10.3. The van der Waals surface area contributed by atoms with Gasteiger partial charge in [-0.2, -0.15) is 0 Å². The van der Waals surface area contributed by atoms with Crippen molar-refractivity contribution in [1.82, 2.24) is 4.90 Å². The molecule has 2 radical (unpaired) electrons. The van der Waals surface area contributed by atoms with Gasteiger partial charge in [0.15, 0.2) is 0 Å². The summed E-state index contributed by atoms with van der Waals surface area (Å²) in [5.74, 6) is 0. The fourth-order valence-corrected chi connectivity index (χ4v) is 2.86. The van der Waals surface area contributed by atoms with Crippen LogP contribution in [-0.4, -0.2) is 32.9 Å². The van der Waals surface area contributed by atoms with Crippen LogP contribution < -0.4 is 0 Å². The molecule has 0 saturated carbocycles. The van der Waals surface area contributed by atoms with Crippen LogP contribution in [0.3, 0.4) is 0 Å². The van der Waals surface area contributed by atoms with Gasteiger partial charge >= 0.3 is 0 Å². The van der Waals surface area contributed by atoms with Crippen LogP contribution in [0.15, 0.2) is 0 Å². The first-order valence-corrected chi connectivity index (χ1v) is 9.70. The van der Waals surface area contributed by atoms with E-state index in [2.05, 4.69) is 18.9 Å². The third kappa shape index (κ3) is 18.0. The van der Waals surface area contributed by atoms with Crippen molar-refractivity contribution in [3.05, 3.63) is 0 Å². The Bertz CT molecular complexity index is 184. The van der Waals surface area contributed by atoms with Crippen LogP contribution in [0.5, 0.6) is 0 Å². The standard InChI is InChI=1S/C19H40BN/c1-3-4-5-6-7-8-9-10-12-15-18-21(2)19-16-13-11-14-17-20/h3-19H2,1-2H3. The lowest BCUT2D eigenvalue weighted by atomic mass is 9.99. The monoisotopic (exact) mass is 293 g/mol. The Kier molecular flexibility index (Phi) is 18.1. The summed E-state index contributed by atoms with van der Waals surface area (Å²) in [7, 11) is 7.78. The van der Waals surface area contributed by atoms with Crippen LogP contribution in [0.2, 0.25) is 6.32 Å². The van der Waals surface area contributed by atoms with Crippen LogP contribution in [0, 0.1) is 0 Å². The van der Waals surface area contributed by atoms with E-state index in [0.29, 0.717) is 0 Å². The first-order valence-electron chi connectivity index (χ1n) is 9.70. The molecule has 0 atom stereocenters. The van der Waals surface area contributed by atoms with Crippen molar-refractivity contribution in [2.75, 3.05) is 20.1 Å². The highest BCUT2D eigenvalue weighted by atomic mass is 15.1. The number of rotatable bonds is 17. The van der Waals surface area contributed by atoms with E-state index in [1.54, 1.807) is 0 Å². The molecule has 0 heterocycles.